The number of morpholine rings is 1. The predicted octanol–water partition coefficient (Wildman–Crippen LogP) is 2.50. The van der Waals surface area contributed by atoms with Gasteiger partial charge >= 0.3 is 0 Å². The molecular weight excluding hydrogens is 404 g/mol. The maximum atomic E-state index is 12.6. The zero-order chi connectivity index (χ0) is 20.5. The molecule has 2 aliphatic heterocycles. The Morgan fingerprint density at radius 3 is 2.87 bits per heavy atom. The molecule has 154 valence electrons. The number of nitrogens with one attached hydrogen (secondary N) is 1. The minimum absolute atomic E-state index is 0.0680. The Morgan fingerprint density at radius 1 is 1.17 bits per heavy atom. The van der Waals surface area contributed by atoms with Gasteiger partial charge in [-0.25, -0.2) is 4.98 Å². The number of carbonyl (C=O) groups is 2. The van der Waals surface area contributed by atoms with Crippen LogP contribution in [0.25, 0.3) is 10.2 Å². The summed E-state index contributed by atoms with van der Waals surface area (Å²) in [6, 6.07) is 12.9. The smallest absolute Gasteiger partial charge is 0.265 e. The molecule has 0 radical (unpaired) electrons. The molecule has 0 saturated carbocycles. The normalized spacial score (nSPS) is 16.3. The SMILES string of the molecule is O=C(CN1C(=O)COc2ccccc21)Nc1ccc2nc(N3CCOCC3)sc2c1. The molecule has 3 heterocycles. The summed E-state index contributed by atoms with van der Waals surface area (Å²) in [5, 5.41) is 3.86. The van der Waals surface area contributed by atoms with Gasteiger partial charge in [0.1, 0.15) is 12.3 Å². The number of rotatable bonds is 4. The first-order valence-electron chi connectivity index (χ1n) is 9.73. The van der Waals surface area contributed by atoms with Gasteiger partial charge in [0.15, 0.2) is 11.7 Å². The third-order valence-corrected chi connectivity index (χ3v) is 6.13. The lowest BCUT2D eigenvalue weighted by molar-refractivity contribution is -0.123. The first-order valence-corrected chi connectivity index (χ1v) is 10.5. The Kier molecular flexibility index (Phi) is 4.97. The number of para-hydroxylation sites is 2. The molecule has 9 heteroatoms. The van der Waals surface area contributed by atoms with Crippen molar-refractivity contribution in [1.29, 1.82) is 0 Å². The zero-order valence-electron chi connectivity index (χ0n) is 16.2. The summed E-state index contributed by atoms with van der Waals surface area (Å²) < 4.78 is 11.8. The van der Waals surface area contributed by atoms with Crippen molar-refractivity contribution in [3.05, 3.63) is 42.5 Å². The van der Waals surface area contributed by atoms with Gasteiger partial charge in [-0.05, 0) is 30.3 Å². The van der Waals surface area contributed by atoms with Crippen molar-refractivity contribution < 1.29 is 19.1 Å². The summed E-state index contributed by atoms with van der Waals surface area (Å²) in [6.45, 7) is 2.94. The van der Waals surface area contributed by atoms with Crippen LogP contribution in [-0.2, 0) is 14.3 Å². The molecule has 5 rings (SSSR count). The van der Waals surface area contributed by atoms with Crippen LogP contribution in [0.15, 0.2) is 42.5 Å². The van der Waals surface area contributed by atoms with Crippen LogP contribution in [0.4, 0.5) is 16.5 Å². The van der Waals surface area contributed by atoms with Gasteiger partial charge in [0, 0.05) is 18.8 Å². The van der Waals surface area contributed by atoms with Crippen molar-refractivity contribution in [1.82, 2.24) is 4.98 Å². The molecular formula is C21H20N4O4S. The maximum absolute atomic E-state index is 12.6. The van der Waals surface area contributed by atoms with Crippen molar-refractivity contribution in [3.63, 3.8) is 0 Å². The van der Waals surface area contributed by atoms with Crippen LogP contribution in [0.2, 0.25) is 0 Å². The molecule has 30 heavy (non-hydrogen) atoms. The fourth-order valence-electron chi connectivity index (χ4n) is 3.55. The third kappa shape index (κ3) is 3.69. The van der Waals surface area contributed by atoms with Gasteiger partial charge in [-0.2, -0.15) is 0 Å². The van der Waals surface area contributed by atoms with Gasteiger partial charge in [0.05, 0.1) is 29.1 Å². The standard InChI is InChI=1S/C21H20N4O4S/c26-19(12-25-16-3-1-2-4-17(16)29-13-20(25)27)22-14-5-6-15-18(11-14)30-21(23-15)24-7-9-28-10-8-24/h1-6,11H,7-10,12-13H2,(H,22,26). The van der Waals surface area contributed by atoms with E-state index in [2.05, 4.69) is 10.2 Å². The summed E-state index contributed by atoms with van der Waals surface area (Å²) in [5.74, 6) is 0.0980. The minimum Gasteiger partial charge on any atom is -0.482 e. The highest BCUT2D eigenvalue weighted by Gasteiger charge is 2.27. The molecule has 1 saturated heterocycles. The Balaban J connectivity index is 1.30. The average Bonchev–Trinajstić information content (AvgIpc) is 3.20. The third-order valence-electron chi connectivity index (χ3n) is 5.05. The Morgan fingerprint density at radius 2 is 2.00 bits per heavy atom. The van der Waals surface area contributed by atoms with Crippen LogP contribution in [0, 0.1) is 0 Å². The lowest BCUT2D eigenvalue weighted by atomic mass is 10.2. The number of anilines is 3. The van der Waals surface area contributed by atoms with Gasteiger partial charge in [-0.15, -0.1) is 0 Å². The number of amides is 2. The van der Waals surface area contributed by atoms with Crippen LogP contribution >= 0.6 is 11.3 Å². The molecule has 1 N–H and O–H groups in total. The highest BCUT2D eigenvalue weighted by atomic mass is 32.1. The molecule has 0 spiro atoms. The van der Waals surface area contributed by atoms with E-state index < -0.39 is 0 Å². The van der Waals surface area contributed by atoms with Crippen molar-refractivity contribution in [3.8, 4) is 5.75 Å². The molecule has 1 aromatic heterocycles. The first kappa shape index (κ1) is 18.8. The lowest BCUT2D eigenvalue weighted by Crippen LogP contribution is -2.43. The van der Waals surface area contributed by atoms with Crippen molar-refractivity contribution in [2.75, 3.05) is 54.6 Å². The molecule has 2 aliphatic rings. The van der Waals surface area contributed by atoms with Crippen molar-refractivity contribution in [2.45, 2.75) is 0 Å². The highest BCUT2D eigenvalue weighted by molar-refractivity contribution is 7.22. The average molecular weight is 424 g/mol. The lowest BCUT2D eigenvalue weighted by Gasteiger charge is -2.28. The number of benzene rings is 2. The number of aromatic nitrogens is 1. The molecule has 0 atom stereocenters. The second-order valence-corrected chi connectivity index (χ2v) is 8.07. The molecule has 0 unspecified atom stereocenters. The van der Waals surface area contributed by atoms with Gasteiger partial charge in [-0.3, -0.25) is 14.5 Å². The quantitative estimate of drug-likeness (QED) is 0.693. The molecule has 1 fully saturated rings. The second kappa shape index (κ2) is 7.92. The zero-order valence-corrected chi connectivity index (χ0v) is 17.0. The van der Waals surface area contributed by atoms with Gasteiger partial charge in [-0.1, -0.05) is 23.5 Å². The van der Waals surface area contributed by atoms with Crippen molar-refractivity contribution >= 4 is 49.9 Å². The number of thiazole rings is 1. The van der Waals surface area contributed by atoms with Gasteiger partial charge in [0.25, 0.3) is 5.91 Å². The fourth-order valence-corrected chi connectivity index (χ4v) is 4.61. The Bertz CT molecular complexity index is 1110. The van der Waals surface area contributed by atoms with E-state index in [1.54, 1.807) is 23.5 Å². The Hall–Kier alpha value is -3.17. The molecule has 2 amide bonds. The van der Waals surface area contributed by atoms with E-state index in [-0.39, 0.29) is 25.0 Å². The van der Waals surface area contributed by atoms with Crippen LogP contribution in [0.5, 0.6) is 5.75 Å². The fraction of sp³-hybridized carbons (Fsp3) is 0.286. The molecule has 0 bridgehead atoms. The summed E-state index contributed by atoms with van der Waals surface area (Å²) in [4.78, 5) is 33.3. The van der Waals surface area contributed by atoms with Crippen LogP contribution in [0.1, 0.15) is 0 Å². The number of carbonyl (C=O) groups excluding carboxylic acids is 2. The van der Waals surface area contributed by atoms with E-state index in [0.29, 0.717) is 30.3 Å². The number of ether oxygens (including phenoxy) is 2. The van der Waals surface area contributed by atoms with E-state index in [9.17, 15) is 9.59 Å². The second-order valence-electron chi connectivity index (χ2n) is 7.06. The van der Waals surface area contributed by atoms with E-state index in [1.807, 2.05) is 30.3 Å². The molecule has 0 aliphatic carbocycles. The van der Waals surface area contributed by atoms with E-state index in [0.717, 1.165) is 28.4 Å². The molecule has 3 aromatic rings. The number of hydrogen-bond donors (Lipinski definition) is 1. The summed E-state index contributed by atoms with van der Waals surface area (Å²) >= 11 is 1.60. The number of nitrogens with zero attached hydrogens (tertiary/aromatic N) is 3. The number of hydrogen-bond acceptors (Lipinski definition) is 7. The van der Waals surface area contributed by atoms with Crippen LogP contribution in [-0.4, -0.2) is 56.3 Å². The first-order chi connectivity index (χ1) is 14.7. The van der Waals surface area contributed by atoms with Crippen LogP contribution in [0.3, 0.4) is 0 Å². The molecule has 8 nitrogen and oxygen atoms in total. The number of fused-ring (bicyclic) bond motifs is 2. The topological polar surface area (TPSA) is 84.0 Å². The summed E-state index contributed by atoms with van der Waals surface area (Å²) in [6.07, 6.45) is 0. The summed E-state index contributed by atoms with van der Waals surface area (Å²) in [7, 11) is 0. The van der Waals surface area contributed by atoms with Gasteiger partial charge in [0.2, 0.25) is 5.91 Å². The van der Waals surface area contributed by atoms with Gasteiger partial charge < -0.3 is 19.7 Å². The highest BCUT2D eigenvalue weighted by Crippen LogP contribution is 2.32. The Labute approximate surface area is 177 Å². The van der Waals surface area contributed by atoms with E-state index in [1.165, 1.54) is 4.90 Å². The molecule has 2 aromatic carbocycles. The van der Waals surface area contributed by atoms with E-state index in [4.69, 9.17) is 14.5 Å². The maximum Gasteiger partial charge on any atom is 0.265 e. The largest absolute Gasteiger partial charge is 0.482 e. The van der Waals surface area contributed by atoms with Crippen LogP contribution < -0.4 is 19.9 Å². The van der Waals surface area contributed by atoms with E-state index >= 15 is 0 Å². The summed E-state index contributed by atoms with van der Waals surface area (Å²) in [5.41, 5.74) is 2.19. The predicted molar refractivity (Wildman–Crippen MR) is 116 cm³/mol. The minimum atomic E-state index is -0.266. The van der Waals surface area contributed by atoms with Crippen molar-refractivity contribution in [2.24, 2.45) is 0 Å². The monoisotopic (exact) mass is 424 g/mol.